The van der Waals surface area contributed by atoms with Gasteiger partial charge in [0.15, 0.2) is 5.03 Å². The predicted octanol–water partition coefficient (Wildman–Crippen LogP) is 0.271. The lowest BCUT2D eigenvalue weighted by molar-refractivity contribution is -0.672. The van der Waals surface area contributed by atoms with Crippen molar-refractivity contribution in [1.82, 2.24) is 5.10 Å². The average molecular weight is 127 g/mol. The van der Waals surface area contributed by atoms with Gasteiger partial charge in [0, 0.05) is 11.2 Å². The standard InChI is InChI=1S/C4H3N2OS/c7-6-3-1-2-4(8)5-6/h1-3H. The third-order valence-electron chi connectivity index (χ3n) is 0.650. The van der Waals surface area contributed by atoms with Crippen LogP contribution in [-0.4, -0.2) is 5.10 Å². The fourth-order valence-corrected chi connectivity index (χ4v) is 0.522. The maximum atomic E-state index is 10.2. The van der Waals surface area contributed by atoms with Gasteiger partial charge in [0.05, 0.1) is 0 Å². The summed E-state index contributed by atoms with van der Waals surface area (Å²) in [7, 11) is 0. The Hall–Kier alpha value is -0.900. The van der Waals surface area contributed by atoms with Crippen molar-refractivity contribution in [2.75, 3.05) is 0 Å². The first kappa shape index (κ1) is 5.24. The molecule has 1 rings (SSSR count). The molecule has 0 saturated heterocycles. The van der Waals surface area contributed by atoms with Crippen molar-refractivity contribution >= 4 is 12.6 Å². The van der Waals surface area contributed by atoms with E-state index in [2.05, 4.69) is 17.7 Å². The van der Waals surface area contributed by atoms with E-state index < -0.39 is 0 Å². The van der Waals surface area contributed by atoms with Gasteiger partial charge in [0.25, 0.3) is 0 Å². The minimum absolute atomic E-state index is 0.322. The largest absolute Gasteiger partial charge is 0.594 e. The molecule has 0 N–H and O–H groups in total. The minimum Gasteiger partial charge on any atom is -0.594 e. The molecule has 0 unspecified atom stereocenters. The second kappa shape index (κ2) is 1.92. The summed E-state index contributed by atoms with van der Waals surface area (Å²) in [6.45, 7) is 0. The first-order valence-electron chi connectivity index (χ1n) is 2.02. The molecule has 4 heteroatoms. The Morgan fingerprint density at radius 2 is 2.50 bits per heavy atom. The van der Waals surface area contributed by atoms with Crippen molar-refractivity contribution in [2.24, 2.45) is 0 Å². The van der Waals surface area contributed by atoms with Crippen molar-refractivity contribution in [2.45, 2.75) is 5.03 Å². The van der Waals surface area contributed by atoms with Crippen LogP contribution in [-0.2, 0) is 0 Å². The quantitative estimate of drug-likeness (QED) is 0.370. The molecule has 0 aliphatic carbocycles. The first-order valence-corrected chi connectivity index (χ1v) is 2.43. The molecule has 0 aromatic carbocycles. The number of nitrogens with zero attached hydrogens (tertiary/aromatic N) is 2. The molecule has 0 saturated carbocycles. The lowest BCUT2D eigenvalue weighted by atomic mass is 10.6. The molecule has 0 aliphatic heterocycles. The molecule has 1 radical (unpaired) electrons. The smallest absolute Gasteiger partial charge is 0.210 e. The van der Waals surface area contributed by atoms with Crippen molar-refractivity contribution in [1.29, 1.82) is 0 Å². The van der Waals surface area contributed by atoms with E-state index in [0.717, 1.165) is 0 Å². The van der Waals surface area contributed by atoms with Crippen LogP contribution in [0.5, 0.6) is 0 Å². The van der Waals surface area contributed by atoms with Crippen LogP contribution in [0.2, 0.25) is 0 Å². The maximum absolute atomic E-state index is 10.2. The fraction of sp³-hybridized carbons (Fsp3) is 0. The van der Waals surface area contributed by atoms with Crippen molar-refractivity contribution < 1.29 is 4.85 Å². The second-order valence-corrected chi connectivity index (χ2v) is 1.67. The normalized spacial score (nSPS) is 9.00. The Morgan fingerprint density at radius 1 is 1.75 bits per heavy atom. The third kappa shape index (κ3) is 1.04. The van der Waals surface area contributed by atoms with Gasteiger partial charge in [-0.05, 0) is 6.07 Å². The number of hydrogen-bond donors (Lipinski definition) is 0. The Balaban J connectivity index is 3.08. The van der Waals surface area contributed by atoms with Gasteiger partial charge in [-0.25, -0.2) is 0 Å². The number of aromatic nitrogens is 2. The molecular weight excluding hydrogens is 124 g/mol. The van der Waals surface area contributed by atoms with E-state index in [4.69, 9.17) is 0 Å². The maximum Gasteiger partial charge on any atom is 0.210 e. The molecule has 0 amide bonds. The van der Waals surface area contributed by atoms with Crippen LogP contribution in [0.15, 0.2) is 23.4 Å². The van der Waals surface area contributed by atoms with Crippen LogP contribution < -0.4 is 4.85 Å². The van der Waals surface area contributed by atoms with E-state index in [9.17, 15) is 5.21 Å². The van der Waals surface area contributed by atoms with Crippen LogP contribution in [0.3, 0.4) is 0 Å². The van der Waals surface area contributed by atoms with Crippen LogP contribution in [0, 0.1) is 5.21 Å². The van der Waals surface area contributed by atoms with Gasteiger partial charge in [-0.2, -0.15) is 0 Å². The SMILES string of the molecule is [O-][n+]1cccc([S])n1. The van der Waals surface area contributed by atoms with Gasteiger partial charge < -0.3 is 5.21 Å². The third-order valence-corrected chi connectivity index (χ3v) is 0.867. The van der Waals surface area contributed by atoms with E-state index in [0.29, 0.717) is 9.87 Å². The molecule has 8 heavy (non-hydrogen) atoms. The molecule has 1 heterocycles. The van der Waals surface area contributed by atoms with E-state index in [-0.39, 0.29) is 0 Å². The zero-order chi connectivity index (χ0) is 5.98. The molecule has 0 spiro atoms. The Kier molecular flexibility index (Phi) is 1.26. The van der Waals surface area contributed by atoms with Crippen molar-refractivity contribution in [3.8, 4) is 0 Å². The highest BCUT2D eigenvalue weighted by molar-refractivity contribution is 7.80. The summed E-state index contributed by atoms with van der Waals surface area (Å²) in [5, 5.41) is 13.9. The molecule has 41 valence electrons. The lowest BCUT2D eigenvalue weighted by Gasteiger charge is -1.87. The molecule has 0 fully saturated rings. The van der Waals surface area contributed by atoms with Crippen LogP contribution in [0.25, 0.3) is 0 Å². The van der Waals surface area contributed by atoms with Gasteiger partial charge in [-0.15, -0.1) is 0 Å². The van der Waals surface area contributed by atoms with E-state index in [1.165, 1.54) is 6.20 Å². The van der Waals surface area contributed by atoms with Crippen LogP contribution in [0.1, 0.15) is 0 Å². The zero-order valence-electron chi connectivity index (χ0n) is 3.94. The highest BCUT2D eigenvalue weighted by atomic mass is 32.1. The summed E-state index contributed by atoms with van der Waals surface area (Å²) < 4.78 is 0. The van der Waals surface area contributed by atoms with Crippen molar-refractivity contribution in [3.63, 3.8) is 0 Å². The number of rotatable bonds is 0. The topological polar surface area (TPSA) is 39.8 Å². The highest BCUT2D eigenvalue weighted by Gasteiger charge is 1.89. The summed E-state index contributed by atoms with van der Waals surface area (Å²) in [6, 6.07) is 3.14. The summed E-state index contributed by atoms with van der Waals surface area (Å²) in [5.74, 6) is 0. The molecule has 0 atom stereocenters. The number of hydrogen-bond acceptors (Lipinski definition) is 2. The van der Waals surface area contributed by atoms with Gasteiger partial charge in [-0.1, -0.05) is 17.5 Å². The predicted molar refractivity (Wildman–Crippen MR) is 29.1 cm³/mol. The Bertz CT molecular complexity index is 174. The molecule has 0 bridgehead atoms. The Morgan fingerprint density at radius 3 is 2.88 bits per heavy atom. The molecule has 1 aromatic heterocycles. The highest BCUT2D eigenvalue weighted by Crippen LogP contribution is 1.92. The van der Waals surface area contributed by atoms with Gasteiger partial charge in [0.1, 0.15) is 0 Å². The molecule has 0 aliphatic rings. The van der Waals surface area contributed by atoms with Gasteiger partial charge >= 0.3 is 0 Å². The molecule has 3 nitrogen and oxygen atoms in total. The van der Waals surface area contributed by atoms with E-state index >= 15 is 0 Å². The average Bonchev–Trinajstić information content (AvgIpc) is 1.64. The van der Waals surface area contributed by atoms with Crippen molar-refractivity contribution in [3.05, 3.63) is 23.5 Å². The van der Waals surface area contributed by atoms with E-state index in [1.807, 2.05) is 0 Å². The second-order valence-electron chi connectivity index (χ2n) is 1.25. The zero-order valence-corrected chi connectivity index (χ0v) is 4.76. The monoisotopic (exact) mass is 127 g/mol. The van der Waals surface area contributed by atoms with E-state index in [1.54, 1.807) is 12.1 Å². The van der Waals surface area contributed by atoms with Crippen LogP contribution >= 0.6 is 12.6 Å². The van der Waals surface area contributed by atoms with Crippen LogP contribution in [0.4, 0.5) is 0 Å². The minimum atomic E-state index is 0.322. The van der Waals surface area contributed by atoms with Gasteiger partial charge in [-0.3, -0.25) is 0 Å². The molecule has 1 aromatic rings. The molecular formula is C4H3N2OS. The Labute approximate surface area is 52.0 Å². The summed E-state index contributed by atoms with van der Waals surface area (Å²) in [4.78, 5) is 0.433. The first-order chi connectivity index (χ1) is 3.79. The lowest BCUT2D eigenvalue weighted by Crippen LogP contribution is -2.29. The fourth-order valence-electron chi connectivity index (χ4n) is 0.363. The summed E-state index contributed by atoms with van der Waals surface area (Å²) >= 11 is 4.57. The summed E-state index contributed by atoms with van der Waals surface area (Å²) in [5.41, 5.74) is 0. The van der Waals surface area contributed by atoms with Gasteiger partial charge in [0.2, 0.25) is 6.20 Å². The summed E-state index contributed by atoms with van der Waals surface area (Å²) in [6.07, 6.45) is 1.29.